The molecule has 1 aliphatic carbocycles. The van der Waals surface area contributed by atoms with E-state index in [-0.39, 0.29) is 0 Å². The second kappa shape index (κ2) is 5.80. The fourth-order valence-electron chi connectivity index (χ4n) is 2.49. The van der Waals surface area contributed by atoms with Gasteiger partial charge in [0.05, 0.1) is 0 Å². The second-order valence-electron chi connectivity index (χ2n) is 5.20. The van der Waals surface area contributed by atoms with E-state index in [2.05, 4.69) is 30.5 Å². The number of aromatic nitrogens is 3. The first-order valence-corrected chi connectivity index (χ1v) is 8.17. The van der Waals surface area contributed by atoms with Gasteiger partial charge in [0.15, 0.2) is 5.65 Å². The van der Waals surface area contributed by atoms with Crippen LogP contribution in [0.1, 0.15) is 31.5 Å². The van der Waals surface area contributed by atoms with Crippen LogP contribution < -0.4 is 0 Å². The van der Waals surface area contributed by atoms with Crippen molar-refractivity contribution in [2.45, 2.75) is 38.6 Å². The fraction of sp³-hybridized carbons (Fsp3) is 0.571. The zero-order chi connectivity index (χ0) is 13.2. The molecule has 0 aliphatic heterocycles. The quantitative estimate of drug-likeness (QED) is 0.738. The van der Waals surface area contributed by atoms with Gasteiger partial charge in [-0.3, -0.25) is 0 Å². The van der Waals surface area contributed by atoms with Crippen LogP contribution in [0.15, 0.2) is 16.7 Å². The van der Waals surface area contributed by atoms with Crippen molar-refractivity contribution in [2.24, 2.45) is 5.92 Å². The SMILES string of the molecule is ClCCc1nc2cc(Br)cnc2n1CCCC1CC1. The summed E-state index contributed by atoms with van der Waals surface area (Å²) in [6.45, 7) is 1.01. The van der Waals surface area contributed by atoms with Crippen molar-refractivity contribution in [2.75, 3.05) is 5.88 Å². The lowest BCUT2D eigenvalue weighted by molar-refractivity contribution is 0.569. The summed E-state index contributed by atoms with van der Waals surface area (Å²) in [5.41, 5.74) is 1.94. The number of hydrogen-bond acceptors (Lipinski definition) is 2. The molecular formula is C14H17BrClN3. The van der Waals surface area contributed by atoms with E-state index in [0.29, 0.717) is 5.88 Å². The average molecular weight is 343 g/mol. The van der Waals surface area contributed by atoms with Crippen LogP contribution in [0.25, 0.3) is 11.2 Å². The van der Waals surface area contributed by atoms with Gasteiger partial charge in [-0.1, -0.05) is 12.8 Å². The lowest BCUT2D eigenvalue weighted by Crippen LogP contribution is -2.06. The Morgan fingerprint density at radius 2 is 2.26 bits per heavy atom. The minimum Gasteiger partial charge on any atom is -0.313 e. The number of aryl methyl sites for hydroxylation is 2. The van der Waals surface area contributed by atoms with Gasteiger partial charge in [0.1, 0.15) is 11.3 Å². The Bertz CT molecular complexity index is 577. The van der Waals surface area contributed by atoms with Crippen molar-refractivity contribution in [3.8, 4) is 0 Å². The number of imidazole rings is 1. The smallest absolute Gasteiger partial charge is 0.160 e. The van der Waals surface area contributed by atoms with Gasteiger partial charge in [-0.25, -0.2) is 9.97 Å². The highest BCUT2D eigenvalue weighted by Gasteiger charge is 2.20. The first-order valence-electron chi connectivity index (χ1n) is 6.84. The number of hydrogen-bond donors (Lipinski definition) is 0. The minimum atomic E-state index is 0.604. The first-order chi connectivity index (χ1) is 9.28. The average Bonchev–Trinajstić information content (AvgIpc) is 3.14. The predicted octanol–water partition coefficient (Wildman–Crippen LogP) is 4.17. The fourth-order valence-corrected chi connectivity index (χ4v) is 2.98. The van der Waals surface area contributed by atoms with Crippen LogP contribution in [-0.2, 0) is 13.0 Å². The van der Waals surface area contributed by atoms with Gasteiger partial charge >= 0.3 is 0 Å². The molecule has 2 aromatic rings. The van der Waals surface area contributed by atoms with Crippen molar-refractivity contribution in [3.05, 3.63) is 22.6 Å². The van der Waals surface area contributed by atoms with Crippen molar-refractivity contribution >= 4 is 38.7 Å². The molecule has 2 heterocycles. The van der Waals surface area contributed by atoms with Gasteiger partial charge < -0.3 is 4.57 Å². The monoisotopic (exact) mass is 341 g/mol. The highest BCUT2D eigenvalue weighted by Crippen LogP contribution is 2.33. The number of nitrogens with zero attached hydrogens (tertiary/aromatic N) is 3. The molecule has 0 N–H and O–H groups in total. The molecule has 0 aromatic carbocycles. The standard InChI is InChI=1S/C14H17BrClN3/c15-11-8-12-14(17-9-11)19(13(18-12)5-6-16)7-1-2-10-3-4-10/h8-10H,1-7H2. The summed E-state index contributed by atoms with van der Waals surface area (Å²) in [6, 6.07) is 2.03. The molecule has 19 heavy (non-hydrogen) atoms. The van der Waals surface area contributed by atoms with E-state index >= 15 is 0 Å². The number of rotatable bonds is 6. The third kappa shape index (κ3) is 3.11. The lowest BCUT2D eigenvalue weighted by atomic mass is 10.2. The van der Waals surface area contributed by atoms with E-state index < -0.39 is 0 Å². The molecule has 1 aliphatic rings. The maximum atomic E-state index is 5.88. The number of fused-ring (bicyclic) bond motifs is 1. The summed E-state index contributed by atoms with van der Waals surface area (Å²) in [5.74, 6) is 2.65. The Hall–Kier alpha value is -0.610. The molecule has 0 saturated heterocycles. The zero-order valence-electron chi connectivity index (χ0n) is 10.8. The molecule has 2 aromatic heterocycles. The van der Waals surface area contributed by atoms with E-state index in [4.69, 9.17) is 11.6 Å². The van der Waals surface area contributed by atoms with Gasteiger partial charge in [-0.05, 0) is 40.8 Å². The van der Waals surface area contributed by atoms with Crippen LogP contribution >= 0.6 is 27.5 Å². The molecule has 0 radical (unpaired) electrons. The maximum absolute atomic E-state index is 5.88. The Morgan fingerprint density at radius 1 is 1.42 bits per heavy atom. The summed E-state index contributed by atoms with van der Waals surface area (Å²) >= 11 is 9.33. The van der Waals surface area contributed by atoms with E-state index in [1.165, 1.54) is 25.7 Å². The van der Waals surface area contributed by atoms with Crippen LogP contribution in [0.4, 0.5) is 0 Å². The topological polar surface area (TPSA) is 30.7 Å². The van der Waals surface area contributed by atoms with Crippen LogP contribution in [0, 0.1) is 5.92 Å². The third-order valence-corrected chi connectivity index (χ3v) is 4.26. The molecule has 1 fully saturated rings. The Kier molecular flexibility index (Phi) is 4.08. The van der Waals surface area contributed by atoms with Gasteiger partial charge in [0.25, 0.3) is 0 Å². The number of alkyl halides is 1. The molecule has 0 atom stereocenters. The van der Waals surface area contributed by atoms with Crippen LogP contribution in [0.3, 0.4) is 0 Å². The lowest BCUT2D eigenvalue weighted by Gasteiger charge is -2.07. The van der Waals surface area contributed by atoms with Gasteiger partial charge in [0, 0.05) is 29.5 Å². The van der Waals surface area contributed by atoms with Crippen LogP contribution in [0.5, 0.6) is 0 Å². The maximum Gasteiger partial charge on any atom is 0.160 e. The molecule has 0 amide bonds. The minimum absolute atomic E-state index is 0.604. The highest BCUT2D eigenvalue weighted by molar-refractivity contribution is 9.10. The summed E-state index contributed by atoms with van der Waals surface area (Å²) < 4.78 is 3.21. The Morgan fingerprint density at radius 3 is 3.00 bits per heavy atom. The van der Waals surface area contributed by atoms with E-state index in [1.54, 1.807) is 0 Å². The summed E-state index contributed by atoms with van der Waals surface area (Å²) in [5, 5.41) is 0. The van der Waals surface area contributed by atoms with Crippen molar-refractivity contribution < 1.29 is 0 Å². The molecule has 5 heteroatoms. The normalized spacial score (nSPS) is 15.3. The molecule has 3 nitrogen and oxygen atoms in total. The Balaban J connectivity index is 1.86. The number of pyridine rings is 1. The van der Waals surface area contributed by atoms with E-state index in [1.807, 2.05) is 12.3 Å². The first kappa shape index (κ1) is 13.4. The van der Waals surface area contributed by atoms with Crippen molar-refractivity contribution in [3.63, 3.8) is 0 Å². The Labute approximate surface area is 126 Å². The highest BCUT2D eigenvalue weighted by atomic mass is 79.9. The molecule has 1 saturated carbocycles. The van der Waals surface area contributed by atoms with Crippen molar-refractivity contribution in [1.82, 2.24) is 14.5 Å². The van der Waals surface area contributed by atoms with Crippen molar-refractivity contribution in [1.29, 1.82) is 0 Å². The zero-order valence-corrected chi connectivity index (χ0v) is 13.1. The van der Waals surface area contributed by atoms with E-state index in [0.717, 1.165) is 40.3 Å². The molecule has 0 bridgehead atoms. The molecule has 102 valence electrons. The third-order valence-electron chi connectivity index (χ3n) is 3.64. The number of halogens is 2. The molecular weight excluding hydrogens is 326 g/mol. The van der Waals surface area contributed by atoms with Crippen LogP contribution in [-0.4, -0.2) is 20.4 Å². The molecule has 0 spiro atoms. The van der Waals surface area contributed by atoms with Crippen LogP contribution in [0.2, 0.25) is 0 Å². The van der Waals surface area contributed by atoms with Gasteiger partial charge in [-0.15, -0.1) is 11.6 Å². The molecule has 0 unspecified atom stereocenters. The summed E-state index contributed by atoms with van der Waals surface area (Å²) in [6.07, 6.45) is 8.03. The van der Waals surface area contributed by atoms with Gasteiger partial charge in [-0.2, -0.15) is 0 Å². The second-order valence-corrected chi connectivity index (χ2v) is 6.49. The van der Waals surface area contributed by atoms with Gasteiger partial charge in [0.2, 0.25) is 0 Å². The summed E-state index contributed by atoms with van der Waals surface area (Å²) in [4.78, 5) is 9.17. The molecule has 3 rings (SSSR count). The largest absolute Gasteiger partial charge is 0.313 e. The summed E-state index contributed by atoms with van der Waals surface area (Å²) in [7, 11) is 0. The predicted molar refractivity (Wildman–Crippen MR) is 81.6 cm³/mol. The van der Waals surface area contributed by atoms with E-state index in [9.17, 15) is 0 Å².